The van der Waals surface area contributed by atoms with Crippen molar-refractivity contribution >= 4 is 11.6 Å². The monoisotopic (exact) mass is 290 g/mol. The Bertz CT molecular complexity index is 455. The molecule has 21 heavy (non-hydrogen) atoms. The third-order valence-corrected chi connectivity index (χ3v) is 3.83. The van der Waals surface area contributed by atoms with Gasteiger partial charge in [-0.05, 0) is 33.0 Å². The van der Waals surface area contributed by atoms with Crippen LogP contribution in [0.3, 0.4) is 0 Å². The standard InChI is InChI=1S/C16H26N4O/c1-20(2)9-8-18-15-10-13(11-17-12-15)16(21)19-14-6-4-3-5-7-14/h10-12,14,18H,3-9H2,1-2H3,(H,19,21). The summed E-state index contributed by atoms with van der Waals surface area (Å²) in [6.07, 6.45) is 9.31. The largest absolute Gasteiger partial charge is 0.382 e. The smallest absolute Gasteiger partial charge is 0.253 e. The van der Waals surface area contributed by atoms with Crippen molar-refractivity contribution in [1.82, 2.24) is 15.2 Å². The molecule has 0 saturated heterocycles. The Morgan fingerprint density at radius 3 is 2.76 bits per heavy atom. The lowest BCUT2D eigenvalue weighted by molar-refractivity contribution is 0.0927. The number of hydrogen-bond donors (Lipinski definition) is 2. The zero-order chi connectivity index (χ0) is 15.1. The van der Waals surface area contributed by atoms with E-state index in [1.165, 1.54) is 19.3 Å². The third kappa shape index (κ3) is 5.34. The molecule has 2 N–H and O–H groups in total. The molecule has 1 aromatic rings. The van der Waals surface area contributed by atoms with Crippen LogP contribution in [0.1, 0.15) is 42.5 Å². The molecule has 1 aliphatic rings. The van der Waals surface area contributed by atoms with Gasteiger partial charge in [-0.2, -0.15) is 0 Å². The van der Waals surface area contributed by atoms with Gasteiger partial charge in [0, 0.05) is 31.5 Å². The van der Waals surface area contributed by atoms with Crippen molar-refractivity contribution in [3.63, 3.8) is 0 Å². The van der Waals surface area contributed by atoms with E-state index >= 15 is 0 Å². The van der Waals surface area contributed by atoms with Crippen LogP contribution in [-0.2, 0) is 0 Å². The number of nitrogens with zero attached hydrogens (tertiary/aromatic N) is 2. The van der Waals surface area contributed by atoms with Gasteiger partial charge in [0.2, 0.25) is 0 Å². The SMILES string of the molecule is CN(C)CCNc1cncc(C(=O)NC2CCCCC2)c1. The summed E-state index contributed by atoms with van der Waals surface area (Å²) in [7, 11) is 4.07. The van der Waals surface area contributed by atoms with Gasteiger partial charge in [0.1, 0.15) is 0 Å². The molecule has 2 rings (SSSR count). The van der Waals surface area contributed by atoms with E-state index in [2.05, 4.69) is 20.5 Å². The zero-order valence-electron chi connectivity index (χ0n) is 13.1. The maximum Gasteiger partial charge on any atom is 0.253 e. The topological polar surface area (TPSA) is 57.3 Å². The quantitative estimate of drug-likeness (QED) is 0.842. The van der Waals surface area contributed by atoms with E-state index in [1.807, 2.05) is 20.2 Å². The van der Waals surface area contributed by atoms with Crippen LogP contribution in [0.5, 0.6) is 0 Å². The summed E-state index contributed by atoms with van der Waals surface area (Å²) >= 11 is 0. The summed E-state index contributed by atoms with van der Waals surface area (Å²) < 4.78 is 0. The highest BCUT2D eigenvalue weighted by molar-refractivity contribution is 5.94. The first-order valence-electron chi connectivity index (χ1n) is 7.79. The third-order valence-electron chi connectivity index (χ3n) is 3.83. The molecule has 0 radical (unpaired) electrons. The van der Waals surface area contributed by atoms with Crippen molar-refractivity contribution in [2.24, 2.45) is 0 Å². The van der Waals surface area contributed by atoms with Crippen LogP contribution in [0.4, 0.5) is 5.69 Å². The van der Waals surface area contributed by atoms with E-state index in [9.17, 15) is 4.79 Å². The lowest BCUT2D eigenvalue weighted by atomic mass is 9.95. The number of anilines is 1. The number of rotatable bonds is 6. The fourth-order valence-electron chi connectivity index (χ4n) is 2.60. The summed E-state index contributed by atoms with van der Waals surface area (Å²) in [6.45, 7) is 1.78. The van der Waals surface area contributed by atoms with Crippen molar-refractivity contribution in [3.05, 3.63) is 24.0 Å². The minimum Gasteiger partial charge on any atom is -0.382 e. The van der Waals surface area contributed by atoms with Crippen molar-refractivity contribution in [1.29, 1.82) is 0 Å². The molecule has 1 aromatic heterocycles. The number of likely N-dealkylation sites (N-methyl/N-ethyl adjacent to an activating group) is 1. The van der Waals surface area contributed by atoms with Crippen LogP contribution >= 0.6 is 0 Å². The summed E-state index contributed by atoms with van der Waals surface area (Å²) in [5, 5.41) is 6.41. The summed E-state index contributed by atoms with van der Waals surface area (Å²) in [4.78, 5) is 18.5. The fraction of sp³-hybridized carbons (Fsp3) is 0.625. The molecule has 1 saturated carbocycles. The van der Waals surface area contributed by atoms with Gasteiger partial charge in [-0.15, -0.1) is 0 Å². The molecule has 5 heteroatoms. The van der Waals surface area contributed by atoms with Crippen LogP contribution in [0, 0.1) is 0 Å². The molecule has 0 atom stereocenters. The van der Waals surface area contributed by atoms with Gasteiger partial charge < -0.3 is 15.5 Å². The number of carbonyl (C=O) groups excluding carboxylic acids is 1. The van der Waals surface area contributed by atoms with Crippen LogP contribution < -0.4 is 10.6 Å². The molecule has 1 aliphatic carbocycles. The Labute approximate surface area is 127 Å². The van der Waals surface area contributed by atoms with E-state index in [1.54, 1.807) is 12.4 Å². The Morgan fingerprint density at radius 2 is 2.05 bits per heavy atom. The van der Waals surface area contributed by atoms with Crippen LogP contribution in [0.15, 0.2) is 18.5 Å². The predicted molar refractivity (Wildman–Crippen MR) is 85.6 cm³/mol. The number of carbonyl (C=O) groups is 1. The van der Waals surface area contributed by atoms with Crippen LogP contribution in [0.2, 0.25) is 0 Å². The van der Waals surface area contributed by atoms with E-state index < -0.39 is 0 Å². The van der Waals surface area contributed by atoms with E-state index in [0.717, 1.165) is 31.6 Å². The fourth-order valence-corrected chi connectivity index (χ4v) is 2.60. The van der Waals surface area contributed by atoms with Gasteiger partial charge in [0.15, 0.2) is 0 Å². The first-order valence-corrected chi connectivity index (χ1v) is 7.79. The molecule has 0 aliphatic heterocycles. The number of nitrogens with one attached hydrogen (secondary N) is 2. The Balaban J connectivity index is 1.88. The minimum atomic E-state index is -0.00865. The van der Waals surface area contributed by atoms with Crippen LogP contribution in [0.25, 0.3) is 0 Å². The molecule has 1 heterocycles. The van der Waals surface area contributed by atoms with Crippen molar-refractivity contribution in [3.8, 4) is 0 Å². The van der Waals surface area contributed by atoms with Crippen molar-refractivity contribution in [2.45, 2.75) is 38.1 Å². The highest BCUT2D eigenvalue weighted by atomic mass is 16.1. The average molecular weight is 290 g/mol. The molecule has 116 valence electrons. The van der Waals surface area contributed by atoms with E-state index in [-0.39, 0.29) is 5.91 Å². The lowest BCUT2D eigenvalue weighted by Gasteiger charge is -2.22. The zero-order valence-corrected chi connectivity index (χ0v) is 13.1. The number of pyridine rings is 1. The summed E-state index contributed by atoms with van der Waals surface area (Å²) in [5.41, 5.74) is 1.53. The van der Waals surface area contributed by atoms with Gasteiger partial charge in [-0.25, -0.2) is 0 Å². The molecule has 0 spiro atoms. The van der Waals surface area contributed by atoms with Crippen LogP contribution in [-0.4, -0.2) is 49.0 Å². The molecule has 0 unspecified atom stereocenters. The maximum atomic E-state index is 12.3. The molecule has 5 nitrogen and oxygen atoms in total. The van der Waals surface area contributed by atoms with Gasteiger partial charge in [0.05, 0.1) is 11.3 Å². The number of amides is 1. The second-order valence-corrected chi connectivity index (χ2v) is 6.00. The molecule has 0 bridgehead atoms. The van der Waals surface area contributed by atoms with Gasteiger partial charge >= 0.3 is 0 Å². The molecule has 1 fully saturated rings. The predicted octanol–water partition coefficient (Wildman–Crippen LogP) is 2.12. The summed E-state index contributed by atoms with van der Waals surface area (Å²) in [5.74, 6) is -0.00865. The van der Waals surface area contributed by atoms with Crippen molar-refractivity contribution in [2.75, 3.05) is 32.5 Å². The van der Waals surface area contributed by atoms with Gasteiger partial charge in [0.25, 0.3) is 5.91 Å². The lowest BCUT2D eigenvalue weighted by Crippen LogP contribution is -2.36. The highest BCUT2D eigenvalue weighted by Gasteiger charge is 2.16. The molecule has 1 amide bonds. The number of aromatic nitrogens is 1. The summed E-state index contributed by atoms with van der Waals surface area (Å²) in [6, 6.07) is 2.21. The second kappa shape index (κ2) is 7.98. The molecule has 0 aromatic carbocycles. The van der Waals surface area contributed by atoms with Gasteiger partial charge in [-0.1, -0.05) is 19.3 Å². The highest BCUT2D eigenvalue weighted by Crippen LogP contribution is 2.18. The first kappa shape index (κ1) is 15.8. The normalized spacial score (nSPS) is 16.0. The van der Waals surface area contributed by atoms with E-state index in [0.29, 0.717) is 11.6 Å². The van der Waals surface area contributed by atoms with Gasteiger partial charge in [-0.3, -0.25) is 9.78 Å². The maximum absolute atomic E-state index is 12.3. The second-order valence-electron chi connectivity index (χ2n) is 6.00. The Morgan fingerprint density at radius 1 is 1.29 bits per heavy atom. The van der Waals surface area contributed by atoms with E-state index in [4.69, 9.17) is 0 Å². The minimum absolute atomic E-state index is 0.00865. The first-order chi connectivity index (χ1) is 10.1. The molecular weight excluding hydrogens is 264 g/mol. The molecular formula is C16H26N4O. The number of hydrogen-bond acceptors (Lipinski definition) is 4. The Hall–Kier alpha value is -1.62. The Kier molecular flexibility index (Phi) is 5.99. The van der Waals surface area contributed by atoms with Crippen molar-refractivity contribution < 1.29 is 4.79 Å². The average Bonchev–Trinajstić information content (AvgIpc) is 2.48.